The predicted octanol–water partition coefficient (Wildman–Crippen LogP) is 9.53. The quantitative estimate of drug-likeness (QED) is 0.0731. The molecule has 0 saturated heterocycles. The van der Waals surface area contributed by atoms with Crippen molar-refractivity contribution in [2.45, 2.75) is 134 Å². The molecule has 202 valence electrons. The van der Waals surface area contributed by atoms with Crippen molar-refractivity contribution in [1.29, 1.82) is 0 Å². The van der Waals surface area contributed by atoms with E-state index in [0.29, 0.717) is 17.4 Å². The topological polar surface area (TPSA) is 55.8 Å². The first-order valence-electron chi connectivity index (χ1n) is 14.3. The molecule has 1 aromatic rings. The van der Waals surface area contributed by atoms with E-state index in [1.54, 1.807) is 12.1 Å². The van der Waals surface area contributed by atoms with E-state index >= 15 is 0 Å². The highest BCUT2D eigenvalue weighted by atomic mass is 32.2. The zero-order valence-electron chi connectivity index (χ0n) is 23.0. The smallest absolute Gasteiger partial charge is 0.341 e. The van der Waals surface area contributed by atoms with E-state index in [1.165, 1.54) is 76.0 Å². The molecule has 1 rings (SSSR count). The number of esters is 1. The fourth-order valence-electron chi connectivity index (χ4n) is 4.18. The first-order valence-corrected chi connectivity index (χ1v) is 15.2. The van der Waals surface area contributed by atoms with Gasteiger partial charge < -0.3 is 14.6 Å². The summed E-state index contributed by atoms with van der Waals surface area (Å²) in [6.45, 7) is 9.69. The molecular formula is C30H52O4S. The Kier molecular flexibility index (Phi) is 19.0. The number of phenolic OH excluding ortho intramolecular Hbond substituents is 1. The van der Waals surface area contributed by atoms with Crippen molar-refractivity contribution in [3.05, 3.63) is 23.8 Å². The van der Waals surface area contributed by atoms with E-state index in [2.05, 4.69) is 20.8 Å². The molecule has 0 amide bonds. The molecule has 0 spiro atoms. The lowest BCUT2D eigenvalue weighted by atomic mass is 10.0. The third kappa shape index (κ3) is 14.8. The van der Waals surface area contributed by atoms with Gasteiger partial charge in [-0.25, -0.2) is 4.79 Å². The van der Waals surface area contributed by atoms with Crippen LogP contribution in [0.4, 0.5) is 0 Å². The standard InChI is InChI=1S/C30H52O4S/c1-5-8-10-11-12-13-14-15-16-17-18-23-33-25(4)35-28-22-19-21-27(29(28)31)30(32)34-24-26(7-3)20-9-6-2/h19,21-22,25-26,31H,5-18,20,23-24H2,1-4H3. The van der Waals surface area contributed by atoms with Crippen molar-refractivity contribution >= 4 is 17.7 Å². The number of benzene rings is 1. The molecule has 2 atom stereocenters. The van der Waals surface area contributed by atoms with Gasteiger partial charge in [-0.2, -0.15) is 0 Å². The van der Waals surface area contributed by atoms with Gasteiger partial charge in [-0.05, 0) is 37.8 Å². The normalized spacial score (nSPS) is 13.0. The lowest BCUT2D eigenvalue weighted by Gasteiger charge is -2.16. The van der Waals surface area contributed by atoms with Gasteiger partial charge in [0.15, 0.2) is 0 Å². The number of para-hydroxylation sites is 1. The Hall–Kier alpha value is -1.20. The molecule has 0 aromatic heterocycles. The second kappa shape index (κ2) is 20.9. The summed E-state index contributed by atoms with van der Waals surface area (Å²) in [5.41, 5.74) is 0.145. The van der Waals surface area contributed by atoms with Crippen molar-refractivity contribution < 1.29 is 19.4 Å². The van der Waals surface area contributed by atoms with Crippen LogP contribution in [-0.2, 0) is 9.47 Å². The molecule has 0 saturated carbocycles. The summed E-state index contributed by atoms with van der Waals surface area (Å²) >= 11 is 1.44. The minimum Gasteiger partial charge on any atom is -0.506 e. The van der Waals surface area contributed by atoms with Gasteiger partial charge >= 0.3 is 5.97 Å². The van der Waals surface area contributed by atoms with E-state index < -0.39 is 5.97 Å². The van der Waals surface area contributed by atoms with Gasteiger partial charge in [-0.1, -0.05) is 122 Å². The molecule has 0 bridgehead atoms. The highest BCUT2D eigenvalue weighted by Crippen LogP contribution is 2.35. The number of carbonyl (C=O) groups excluding carboxylic acids is 1. The average Bonchev–Trinajstić information content (AvgIpc) is 2.86. The largest absolute Gasteiger partial charge is 0.506 e. The number of ether oxygens (including phenoxy) is 2. The molecule has 0 aliphatic heterocycles. The maximum absolute atomic E-state index is 12.6. The average molecular weight is 509 g/mol. The molecule has 0 fully saturated rings. The van der Waals surface area contributed by atoms with Gasteiger partial charge in [0.05, 0.1) is 11.5 Å². The molecule has 0 aliphatic rings. The minimum atomic E-state index is -0.450. The second-order valence-electron chi connectivity index (χ2n) is 9.76. The van der Waals surface area contributed by atoms with Crippen molar-refractivity contribution in [2.75, 3.05) is 13.2 Å². The van der Waals surface area contributed by atoms with Crippen LogP contribution in [0, 0.1) is 5.92 Å². The number of carbonyl (C=O) groups is 1. The van der Waals surface area contributed by atoms with Crippen LogP contribution in [0.15, 0.2) is 23.1 Å². The van der Waals surface area contributed by atoms with Gasteiger partial charge in [0.25, 0.3) is 0 Å². The second-order valence-corrected chi connectivity index (χ2v) is 11.1. The van der Waals surface area contributed by atoms with Crippen LogP contribution in [-0.4, -0.2) is 29.7 Å². The van der Waals surface area contributed by atoms with E-state index in [-0.39, 0.29) is 16.7 Å². The Morgan fingerprint density at radius 3 is 2.09 bits per heavy atom. The highest BCUT2D eigenvalue weighted by molar-refractivity contribution is 7.99. The number of thioether (sulfide) groups is 1. The summed E-state index contributed by atoms with van der Waals surface area (Å²) in [6, 6.07) is 5.25. The van der Waals surface area contributed by atoms with Crippen LogP contribution < -0.4 is 0 Å². The molecule has 1 N–H and O–H groups in total. The molecular weight excluding hydrogens is 456 g/mol. The van der Waals surface area contributed by atoms with E-state index in [1.807, 2.05) is 13.0 Å². The first kappa shape index (κ1) is 31.8. The summed E-state index contributed by atoms with van der Waals surface area (Å²) in [6.07, 6.45) is 18.8. The number of hydrogen-bond donors (Lipinski definition) is 1. The summed E-state index contributed by atoms with van der Waals surface area (Å²) in [5.74, 6) is -0.0775. The molecule has 5 heteroatoms. The molecule has 0 aliphatic carbocycles. The van der Waals surface area contributed by atoms with Crippen LogP contribution >= 0.6 is 11.8 Å². The van der Waals surface area contributed by atoms with Crippen molar-refractivity contribution in [3.63, 3.8) is 0 Å². The number of unbranched alkanes of at least 4 members (excludes halogenated alkanes) is 11. The molecule has 2 unspecified atom stereocenters. The fraction of sp³-hybridized carbons (Fsp3) is 0.767. The van der Waals surface area contributed by atoms with Gasteiger partial charge in [0.2, 0.25) is 0 Å². The molecule has 4 nitrogen and oxygen atoms in total. The van der Waals surface area contributed by atoms with Crippen molar-refractivity contribution in [3.8, 4) is 5.75 Å². The molecule has 35 heavy (non-hydrogen) atoms. The number of phenols is 1. The fourth-order valence-corrected chi connectivity index (χ4v) is 5.08. The van der Waals surface area contributed by atoms with Gasteiger partial charge in [0, 0.05) is 6.61 Å². The molecule has 0 radical (unpaired) electrons. The minimum absolute atomic E-state index is 0.00532. The Balaban J connectivity index is 2.27. The zero-order chi connectivity index (χ0) is 25.7. The summed E-state index contributed by atoms with van der Waals surface area (Å²) in [7, 11) is 0. The Labute approximate surface area is 219 Å². The maximum Gasteiger partial charge on any atom is 0.341 e. The van der Waals surface area contributed by atoms with Crippen LogP contribution in [0.25, 0.3) is 0 Å². The van der Waals surface area contributed by atoms with Crippen LogP contribution in [0.5, 0.6) is 5.75 Å². The predicted molar refractivity (Wildman–Crippen MR) is 149 cm³/mol. The Morgan fingerprint density at radius 1 is 0.886 bits per heavy atom. The third-order valence-corrected chi connectivity index (χ3v) is 7.66. The number of aromatic hydroxyl groups is 1. The van der Waals surface area contributed by atoms with Crippen molar-refractivity contribution in [1.82, 2.24) is 0 Å². The van der Waals surface area contributed by atoms with Gasteiger partial charge in [-0.15, -0.1) is 0 Å². The molecule has 1 aromatic carbocycles. The number of hydrogen-bond acceptors (Lipinski definition) is 5. The maximum atomic E-state index is 12.6. The Morgan fingerprint density at radius 2 is 1.49 bits per heavy atom. The van der Waals surface area contributed by atoms with Crippen LogP contribution in [0.3, 0.4) is 0 Å². The summed E-state index contributed by atoms with van der Waals surface area (Å²) in [5, 5.41) is 10.7. The van der Waals surface area contributed by atoms with E-state index in [9.17, 15) is 9.90 Å². The van der Waals surface area contributed by atoms with E-state index in [0.717, 1.165) is 38.7 Å². The molecule has 0 heterocycles. The van der Waals surface area contributed by atoms with Crippen molar-refractivity contribution in [2.24, 2.45) is 5.92 Å². The Bertz CT molecular complexity index is 664. The third-order valence-electron chi connectivity index (χ3n) is 6.61. The monoisotopic (exact) mass is 508 g/mol. The van der Waals surface area contributed by atoms with Gasteiger partial charge in [0.1, 0.15) is 16.7 Å². The lowest BCUT2D eigenvalue weighted by Crippen LogP contribution is -2.14. The van der Waals surface area contributed by atoms with E-state index in [4.69, 9.17) is 9.47 Å². The lowest BCUT2D eigenvalue weighted by molar-refractivity contribution is 0.0424. The first-order chi connectivity index (χ1) is 17.0. The zero-order valence-corrected chi connectivity index (χ0v) is 23.8. The van der Waals surface area contributed by atoms with Crippen LogP contribution in [0.1, 0.15) is 134 Å². The number of rotatable bonds is 22. The summed E-state index contributed by atoms with van der Waals surface area (Å²) in [4.78, 5) is 13.2. The highest BCUT2D eigenvalue weighted by Gasteiger charge is 2.19. The van der Waals surface area contributed by atoms with Gasteiger partial charge in [-0.3, -0.25) is 0 Å². The summed E-state index contributed by atoms with van der Waals surface area (Å²) < 4.78 is 11.5. The van der Waals surface area contributed by atoms with Crippen LogP contribution in [0.2, 0.25) is 0 Å². The SMILES string of the molecule is CCCCCCCCCCCCCOC(C)Sc1cccc(C(=O)OCC(CC)CCCC)c1O.